The molecule has 0 bridgehead atoms. The van der Waals surface area contributed by atoms with Gasteiger partial charge in [0.1, 0.15) is 36.3 Å². The molecule has 0 spiro atoms. The normalized spacial score (nSPS) is 42.5. The molecule has 18 heteroatoms. The van der Waals surface area contributed by atoms with Crippen LogP contribution in [-0.2, 0) is 56.0 Å². The Labute approximate surface area is 408 Å². The second-order valence-corrected chi connectivity index (χ2v) is 37.0. The van der Waals surface area contributed by atoms with Crippen LogP contribution in [0.4, 0.5) is 0 Å². The van der Waals surface area contributed by atoms with E-state index in [1.807, 2.05) is 74.4 Å². The fourth-order valence-electron chi connectivity index (χ4n) is 10.8. The van der Waals surface area contributed by atoms with Crippen LogP contribution in [0.5, 0.6) is 0 Å². The molecule has 15 nitrogen and oxygen atoms in total. The van der Waals surface area contributed by atoms with E-state index in [2.05, 4.69) is 64.8 Å². The zero-order valence-corrected chi connectivity index (χ0v) is 48.4. The average molecular weight is 1000 g/mol. The lowest BCUT2D eigenvalue weighted by Crippen LogP contribution is -2.65. The van der Waals surface area contributed by atoms with E-state index in [-0.39, 0.29) is 25.2 Å². The van der Waals surface area contributed by atoms with Gasteiger partial charge in [-0.1, -0.05) is 33.6 Å². The predicted octanol–water partition coefficient (Wildman–Crippen LogP) is 6.99. The lowest BCUT2D eigenvalue weighted by atomic mass is 9.74. The van der Waals surface area contributed by atoms with Crippen molar-refractivity contribution in [3.8, 4) is 12.3 Å². The van der Waals surface area contributed by atoms with E-state index in [1.165, 1.54) is 0 Å². The van der Waals surface area contributed by atoms with Crippen LogP contribution in [0.15, 0.2) is 0 Å². The molecule has 390 valence electrons. The number of aliphatic hydroxyl groups excluding tert-OH is 1. The van der Waals surface area contributed by atoms with Gasteiger partial charge < -0.3 is 61.5 Å². The first-order valence-electron chi connectivity index (χ1n) is 24.6. The van der Waals surface area contributed by atoms with Crippen molar-refractivity contribution in [3.63, 3.8) is 0 Å². The third kappa shape index (κ3) is 15.2. The number of hydrogen-bond donors (Lipinski definition) is 2. The molecule has 2 N–H and O–H groups in total. The van der Waals surface area contributed by atoms with E-state index < -0.39 is 145 Å². The summed E-state index contributed by atoms with van der Waals surface area (Å²) in [6, 6.07) is -0.625. The van der Waals surface area contributed by atoms with Gasteiger partial charge >= 0.3 is 5.97 Å². The van der Waals surface area contributed by atoms with Crippen LogP contribution in [0.2, 0.25) is 58.9 Å². The van der Waals surface area contributed by atoms with Crippen LogP contribution >= 0.6 is 0 Å². The summed E-state index contributed by atoms with van der Waals surface area (Å²) in [5.41, 5.74) is -3.87. The number of ether oxygens (including phenoxy) is 7. The van der Waals surface area contributed by atoms with E-state index in [0.29, 0.717) is 6.42 Å². The van der Waals surface area contributed by atoms with Crippen LogP contribution in [0.25, 0.3) is 0 Å². The maximum atomic E-state index is 15.1. The quantitative estimate of drug-likeness (QED) is 0.0977. The standard InChI is InChI=1S/C49H93NO14Si3/c1-24-26-56-41-33(7)58-46(39(52)37(41)50(12)13)61-42-31(5)40(60-36-28-48(10,55-14)44(34(8)57-36)63-66(18,19)20)32(6)45(53)59-35(25-2)49(11,64-67(21,22)23)43(62-65(15,16)17)30(4)38(51)29(3)27-47(42,9)54/h1,29-37,39-44,46,52,54H,25-28H2,2-23H3/t29-,30+,31+,32-,33-,34+,35-,36+,37?,39-,40+,41-,42-,43-,44+,46+,47-,48?,49-/m1/s1. The van der Waals surface area contributed by atoms with Crippen molar-refractivity contribution < 1.29 is 66.2 Å². The van der Waals surface area contributed by atoms with Gasteiger partial charge in [-0.25, -0.2) is 0 Å². The van der Waals surface area contributed by atoms with Crippen LogP contribution in [-0.4, -0.2) is 170 Å². The average Bonchev–Trinajstić information content (AvgIpc) is 3.18. The van der Waals surface area contributed by atoms with Crippen molar-refractivity contribution in [2.75, 3.05) is 27.8 Å². The molecule has 0 aromatic carbocycles. The number of nitrogens with zero attached hydrogens (tertiary/aromatic N) is 1. The first kappa shape index (κ1) is 60.2. The summed E-state index contributed by atoms with van der Waals surface area (Å²) in [7, 11) is -1.62. The largest absolute Gasteiger partial charge is 0.459 e. The molecule has 3 heterocycles. The first-order valence-corrected chi connectivity index (χ1v) is 34.8. The summed E-state index contributed by atoms with van der Waals surface area (Å²) in [5, 5.41) is 25.1. The van der Waals surface area contributed by atoms with Gasteiger partial charge in [0, 0.05) is 31.3 Å². The van der Waals surface area contributed by atoms with Gasteiger partial charge in [0.15, 0.2) is 37.5 Å². The minimum absolute atomic E-state index is 0.00774. The van der Waals surface area contributed by atoms with Crippen molar-refractivity contribution in [1.29, 1.82) is 0 Å². The summed E-state index contributed by atoms with van der Waals surface area (Å²) >= 11 is 0. The highest BCUT2D eigenvalue weighted by atomic mass is 28.4. The number of methoxy groups -OCH3 is 1. The fourth-order valence-corrected chi connectivity index (χ4v) is 14.8. The molecule has 3 saturated heterocycles. The second-order valence-electron chi connectivity index (χ2n) is 23.6. The number of ketones is 1. The molecule has 2 unspecified atom stereocenters. The molecule has 0 radical (unpaired) electrons. The Morgan fingerprint density at radius 3 is 1.85 bits per heavy atom. The third-order valence-electron chi connectivity index (χ3n) is 13.7. The van der Waals surface area contributed by atoms with Crippen molar-refractivity contribution in [2.24, 2.45) is 23.7 Å². The third-order valence-corrected chi connectivity index (χ3v) is 16.6. The van der Waals surface area contributed by atoms with Crippen LogP contribution in [0.1, 0.15) is 88.5 Å². The molecule has 0 amide bonds. The Balaban J connectivity index is 2.34. The smallest absolute Gasteiger partial charge is 0.311 e. The zero-order chi connectivity index (χ0) is 51.6. The van der Waals surface area contributed by atoms with Crippen molar-refractivity contribution >= 4 is 36.7 Å². The Hall–Kier alpha value is -1.13. The number of aliphatic hydroxyl groups is 2. The number of hydrogen-bond acceptors (Lipinski definition) is 15. The lowest BCUT2D eigenvalue weighted by molar-refractivity contribution is -0.328. The van der Waals surface area contributed by atoms with Crippen LogP contribution in [0, 0.1) is 36.0 Å². The van der Waals surface area contributed by atoms with Gasteiger partial charge in [0.05, 0.1) is 59.8 Å². The number of cyclic esters (lactones) is 1. The Kier molecular flexibility index (Phi) is 20.8. The molecule has 3 rings (SSSR count). The zero-order valence-electron chi connectivity index (χ0n) is 45.4. The second kappa shape index (κ2) is 23.2. The van der Waals surface area contributed by atoms with E-state index in [9.17, 15) is 10.2 Å². The summed E-state index contributed by atoms with van der Waals surface area (Å²) in [5.74, 6) is -1.52. The maximum absolute atomic E-state index is 15.1. The molecule has 0 aliphatic carbocycles. The number of Topliss-reactive ketones (excluding diaryl/α,β-unsaturated/α-hetero) is 1. The van der Waals surface area contributed by atoms with Gasteiger partial charge in [-0.3, -0.25) is 9.59 Å². The number of esters is 1. The van der Waals surface area contributed by atoms with Gasteiger partial charge in [-0.15, -0.1) is 6.42 Å². The highest BCUT2D eigenvalue weighted by molar-refractivity contribution is 6.70. The fraction of sp³-hybridized carbons (Fsp3) is 0.918. The molecule has 67 heavy (non-hydrogen) atoms. The number of terminal acetylenes is 1. The minimum Gasteiger partial charge on any atom is -0.459 e. The van der Waals surface area contributed by atoms with Crippen molar-refractivity contribution in [3.05, 3.63) is 0 Å². The summed E-state index contributed by atoms with van der Waals surface area (Å²) < 4.78 is 66.7. The molecule has 0 saturated carbocycles. The Morgan fingerprint density at radius 1 is 0.791 bits per heavy atom. The number of rotatable bonds is 15. The van der Waals surface area contributed by atoms with Gasteiger partial charge in [-0.05, 0) is 127 Å². The van der Waals surface area contributed by atoms with Gasteiger partial charge in [0.25, 0.3) is 0 Å². The van der Waals surface area contributed by atoms with E-state index >= 15 is 9.59 Å². The van der Waals surface area contributed by atoms with Crippen molar-refractivity contribution in [1.82, 2.24) is 4.90 Å². The molecule has 19 atom stereocenters. The molecule has 3 aliphatic heterocycles. The molecule has 0 aromatic rings. The van der Waals surface area contributed by atoms with Crippen LogP contribution < -0.4 is 0 Å². The highest BCUT2D eigenvalue weighted by Gasteiger charge is 2.57. The SMILES string of the molecule is C#CCO[C@H]1C(N(C)C)[C@@H](O)[C@H](O[C@@H]2[C@@H](C)[C@H](O[C@H]3CC(C)(OC)[C@@H](O[Si](C)(C)C)[C@H](C)O3)[C@@H](C)C(=O)O[C@H](CC)[C@@](C)(O[Si](C)(C)C)[C@H](O[Si](C)(C)C)[C@@H](C)C(=O)[C@H](C)C[C@@]2(C)O)O[C@@H]1C. The van der Waals surface area contributed by atoms with E-state index in [0.717, 1.165) is 0 Å². The molecule has 0 aromatic heterocycles. The number of likely N-dealkylation sites (N-methyl/N-ethyl adjacent to an activating group) is 1. The number of carbonyl (C=O) groups is 2. The Bertz CT molecular complexity index is 1660. The molecular formula is C49H93NO14Si3. The minimum atomic E-state index is -2.43. The van der Waals surface area contributed by atoms with Crippen molar-refractivity contribution in [2.45, 2.75) is 238 Å². The molecule has 3 aliphatic rings. The summed E-state index contributed by atoms with van der Waals surface area (Å²) in [4.78, 5) is 32.0. The van der Waals surface area contributed by atoms with Crippen LogP contribution in [0.3, 0.4) is 0 Å². The van der Waals surface area contributed by atoms with Gasteiger partial charge in [-0.2, -0.15) is 0 Å². The molecular weight excluding hydrogens is 911 g/mol. The van der Waals surface area contributed by atoms with E-state index in [1.54, 1.807) is 21.0 Å². The topological polar surface area (TPSA) is 170 Å². The highest BCUT2D eigenvalue weighted by Crippen LogP contribution is 2.43. The Morgan fingerprint density at radius 2 is 1.36 bits per heavy atom. The molecule has 3 fully saturated rings. The lowest BCUT2D eigenvalue weighted by Gasteiger charge is -2.52. The summed E-state index contributed by atoms with van der Waals surface area (Å²) in [6.07, 6.45) is -3.36. The summed E-state index contributed by atoms with van der Waals surface area (Å²) in [6.45, 7) is 37.2. The monoisotopic (exact) mass is 1000 g/mol. The van der Waals surface area contributed by atoms with Gasteiger partial charge in [0.2, 0.25) is 0 Å². The number of carbonyl (C=O) groups excluding carboxylic acids is 2. The predicted molar refractivity (Wildman–Crippen MR) is 267 cm³/mol. The maximum Gasteiger partial charge on any atom is 0.311 e. The first-order chi connectivity index (χ1) is 30.5. The van der Waals surface area contributed by atoms with E-state index in [4.69, 9.17) is 52.9 Å².